The number of H-pyrrole nitrogens is 2. The van der Waals surface area contributed by atoms with E-state index in [0.29, 0.717) is 15.8 Å². The Labute approximate surface area is 120 Å². The van der Waals surface area contributed by atoms with Gasteiger partial charge in [0.1, 0.15) is 5.82 Å². The van der Waals surface area contributed by atoms with Gasteiger partial charge >= 0.3 is 0 Å². The number of carbonyl (C=O) groups excluding carboxylic acids is 1. The molecular weight excluding hydrogens is 281 g/mol. The Kier molecular flexibility index (Phi) is 4.20. The number of hydrogen-bond donors (Lipinski definition) is 4. The van der Waals surface area contributed by atoms with Crippen LogP contribution in [0.1, 0.15) is 24.2 Å². The minimum Gasteiger partial charge on any atom is -0.396 e. The van der Waals surface area contributed by atoms with Crippen LogP contribution >= 0.6 is 12.2 Å². The largest absolute Gasteiger partial charge is 0.396 e. The van der Waals surface area contributed by atoms with Crippen molar-refractivity contribution in [2.75, 3.05) is 6.61 Å². The molecule has 0 bridgehead atoms. The van der Waals surface area contributed by atoms with Gasteiger partial charge in [0.15, 0.2) is 4.77 Å². The molecule has 4 N–H and O–H groups in total. The van der Waals surface area contributed by atoms with Crippen molar-refractivity contribution in [1.29, 1.82) is 0 Å². The molecule has 2 atom stereocenters. The number of fused-ring (bicyclic) bond motifs is 1. The molecule has 20 heavy (non-hydrogen) atoms. The maximum atomic E-state index is 13.5. The van der Waals surface area contributed by atoms with Crippen molar-refractivity contribution >= 4 is 29.2 Å². The predicted octanol–water partition coefficient (Wildman–Crippen LogP) is 2.11. The molecule has 0 saturated heterocycles. The van der Waals surface area contributed by atoms with Crippen LogP contribution in [0.2, 0.25) is 0 Å². The van der Waals surface area contributed by atoms with Crippen molar-refractivity contribution in [1.82, 2.24) is 15.3 Å². The second-order valence-electron chi connectivity index (χ2n) is 4.88. The van der Waals surface area contributed by atoms with E-state index in [2.05, 4.69) is 15.3 Å². The third kappa shape index (κ3) is 2.88. The molecule has 1 amide bonds. The van der Waals surface area contributed by atoms with E-state index in [0.717, 1.165) is 6.07 Å². The van der Waals surface area contributed by atoms with E-state index in [1.807, 2.05) is 6.92 Å². The van der Waals surface area contributed by atoms with Gasteiger partial charge in [0.2, 0.25) is 0 Å². The van der Waals surface area contributed by atoms with Crippen molar-refractivity contribution in [3.63, 3.8) is 0 Å². The average Bonchev–Trinajstić information content (AvgIpc) is 2.76. The smallest absolute Gasteiger partial charge is 0.253 e. The molecule has 1 aromatic carbocycles. The van der Waals surface area contributed by atoms with Gasteiger partial charge in [-0.2, -0.15) is 0 Å². The fraction of sp³-hybridized carbons (Fsp3) is 0.385. The number of rotatable bonds is 4. The molecule has 0 spiro atoms. The quantitative estimate of drug-likeness (QED) is 0.652. The van der Waals surface area contributed by atoms with Crippen LogP contribution in [-0.4, -0.2) is 33.6 Å². The van der Waals surface area contributed by atoms with E-state index in [1.165, 1.54) is 6.07 Å². The Balaban J connectivity index is 2.37. The normalized spacial score (nSPS) is 14.2. The lowest BCUT2D eigenvalue weighted by Crippen LogP contribution is -2.38. The topological polar surface area (TPSA) is 80.9 Å². The monoisotopic (exact) mass is 297 g/mol. The summed E-state index contributed by atoms with van der Waals surface area (Å²) in [5.74, 6) is -1.02. The average molecular weight is 297 g/mol. The number of aliphatic hydroxyl groups excluding tert-OH is 1. The maximum absolute atomic E-state index is 13.5. The molecule has 0 aliphatic carbocycles. The first-order chi connectivity index (χ1) is 9.42. The SMILES string of the molecule is CC(CO)C(C)NC(=O)c1cc(F)cc2[nH]c(=S)[nH]c12. The van der Waals surface area contributed by atoms with Gasteiger partial charge in [-0.05, 0) is 37.2 Å². The van der Waals surface area contributed by atoms with Crippen LogP contribution in [-0.2, 0) is 0 Å². The van der Waals surface area contributed by atoms with Crippen molar-refractivity contribution in [2.45, 2.75) is 19.9 Å². The number of aliphatic hydroxyl groups is 1. The van der Waals surface area contributed by atoms with Crippen LogP contribution in [0.3, 0.4) is 0 Å². The number of carbonyl (C=O) groups is 1. The minimum atomic E-state index is -0.518. The molecule has 0 saturated carbocycles. The molecule has 1 heterocycles. The molecule has 1 aromatic heterocycles. The van der Waals surface area contributed by atoms with E-state index in [1.54, 1.807) is 6.92 Å². The first kappa shape index (κ1) is 14.7. The number of hydrogen-bond acceptors (Lipinski definition) is 3. The lowest BCUT2D eigenvalue weighted by atomic mass is 10.0. The van der Waals surface area contributed by atoms with Crippen molar-refractivity contribution in [3.05, 3.63) is 28.3 Å². The molecule has 108 valence electrons. The highest BCUT2D eigenvalue weighted by Gasteiger charge is 2.18. The highest BCUT2D eigenvalue weighted by atomic mass is 32.1. The number of amides is 1. The van der Waals surface area contributed by atoms with E-state index in [9.17, 15) is 9.18 Å². The Morgan fingerprint density at radius 3 is 2.80 bits per heavy atom. The Hall–Kier alpha value is -1.73. The Morgan fingerprint density at radius 2 is 2.15 bits per heavy atom. The first-order valence-corrected chi connectivity index (χ1v) is 6.66. The first-order valence-electron chi connectivity index (χ1n) is 6.25. The molecule has 2 rings (SSSR count). The van der Waals surface area contributed by atoms with Gasteiger partial charge in [0, 0.05) is 12.6 Å². The van der Waals surface area contributed by atoms with Crippen LogP contribution in [0.25, 0.3) is 11.0 Å². The van der Waals surface area contributed by atoms with Crippen molar-refractivity contribution in [2.24, 2.45) is 5.92 Å². The molecule has 7 heteroatoms. The maximum Gasteiger partial charge on any atom is 0.253 e. The second-order valence-corrected chi connectivity index (χ2v) is 5.29. The summed E-state index contributed by atoms with van der Waals surface area (Å²) in [4.78, 5) is 17.8. The standard InChI is InChI=1S/C13H16FN3O2S/c1-6(5-18)7(2)15-12(19)9-3-8(14)4-10-11(9)17-13(20)16-10/h3-4,6-7,18H,5H2,1-2H3,(H,15,19)(H2,16,17,20). The molecule has 0 radical (unpaired) electrons. The summed E-state index contributed by atoms with van der Waals surface area (Å²) in [7, 11) is 0. The van der Waals surface area contributed by atoms with Crippen molar-refractivity contribution in [3.8, 4) is 0 Å². The summed E-state index contributed by atoms with van der Waals surface area (Å²) < 4.78 is 13.9. The number of halogens is 1. The van der Waals surface area contributed by atoms with E-state index < -0.39 is 11.7 Å². The van der Waals surface area contributed by atoms with E-state index >= 15 is 0 Å². The van der Waals surface area contributed by atoms with E-state index in [4.69, 9.17) is 17.3 Å². The summed E-state index contributed by atoms with van der Waals surface area (Å²) in [5, 5.41) is 11.8. The highest BCUT2D eigenvalue weighted by Crippen LogP contribution is 2.18. The molecule has 2 aromatic rings. The van der Waals surface area contributed by atoms with E-state index in [-0.39, 0.29) is 24.1 Å². The molecule has 0 aliphatic rings. The van der Waals surface area contributed by atoms with Crippen molar-refractivity contribution < 1.29 is 14.3 Å². The zero-order valence-corrected chi connectivity index (χ0v) is 12.0. The molecule has 0 fully saturated rings. The molecule has 0 aliphatic heterocycles. The Bertz CT molecular complexity index is 694. The van der Waals surface area contributed by atoms with Gasteiger partial charge in [-0.25, -0.2) is 4.39 Å². The number of benzene rings is 1. The lowest BCUT2D eigenvalue weighted by molar-refractivity contribution is 0.0917. The van der Waals surface area contributed by atoms with Gasteiger partial charge in [0.25, 0.3) is 5.91 Å². The molecule has 2 unspecified atom stereocenters. The fourth-order valence-corrected chi connectivity index (χ4v) is 2.08. The summed E-state index contributed by atoms with van der Waals surface area (Å²) in [6.45, 7) is 3.57. The third-order valence-electron chi connectivity index (χ3n) is 3.33. The van der Waals surface area contributed by atoms with Crippen LogP contribution in [0.5, 0.6) is 0 Å². The second kappa shape index (κ2) is 5.72. The van der Waals surface area contributed by atoms with Crippen LogP contribution in [0.15, 0.2) is 12.1 Å². The fourth-order valence-electron chi connectivity index (χ4n) is 1.87. The molecular formula is C13H16FN3O2S. The van der Waals surface area contributed by atoms with Crippen LogP contribution < -0.4 is 5.32 Å². The number of imidazole rings is 1. The Morgan fingerprint density at radius 1 is 1.45 bits per heavy atom. The zero-order valence-electron chi connectivity index (χ0n) is 11.2. The summed E-state index contributed by atoms with van der Waals surface area (Å²) in [6, 6.07) is 2.21. The zero-order chi connectivity index (χ0) is 14.9. The number of aromatic nitrogens is 2. The summed E-state index contributed by atoms with van der Waals surface area (Å²) in [6.07, 6.45) is 0. The minimum absolute atomic E-state index is 0.0351. The van der Waals surface area contributed by atoms with Gasteiger partial charge < -0.3 is 20.4 Å². The van der Waals surface area contributed by atoms with Crippen LogP contribution in [0.4, 0.5) is 4.39 Å². The lowest BCUT2D eigenvalue weighted by Gasteiger charge is -2.19. The van der Waals surface area contributed by atoms with Gasteiger partial charge in [-0.15, -0.1) is 0 Å². The van der Waals surface area contributed by atoms with Gasteiger partial charge in [-0.1, -0.05) is 6.92 Å². The third-order valence-corrected chi connectivity index (χ3v) is 3.54. The highest BCUT2D eigenvalue weighted by molar-refractivity contribution is 7.71. The van der Waals surface area contributed by atoms with Crippen LogP contribution in [0, 0.1) is 16.5 Å². The molecule has 5 nitrogen and oxygen atoms in total. The van der Waals surface area contributed by atoms with Gasteiger partial charge in [-0.3, -0.25) is 4.79 Å². The van der Waals surface area contributed by atoms with Gasteiger partial charge in [0.05, 0.1) is 16.6 Å². The summed E-state index contributed by atoms with van der Waals surface area (Å²) in [5.41, 5.74) is 1.10. The summed E-state index contributed by atoms with van der Waals surface area (Å²) >= 11 is 4.95. The number of nitrogens with one attached hydrogen (secondary N) is 3. The number of aromatic amines is 2. The predicted molar refractivity (Wildman–Crippen MR) is 76.6 cm³/mol.